The summed E-state index contributed by atoms with van der Waals surface area (Å²) in [4.78, 5) is 0.360. The predicted molar refractivity (Wildman–Crippen MR) is 81.2 cm³/mol. The molecular weight excluding hydrogens is 272 g/mol. The van der Waals surface area contributed by atoms with Crippen molar-refractivity contribution >= 4 is 10.0 Å². The Labute approximate surface area is 122 Å². The van der Waals surface area contributed by atoms with Crippen LogP contribution in [0.5, 0.6) is 0 Å². The van der Waals surface area contributed by atoms with Crippen LogP contribution >= 0.6 is 0 Å². The van der Waals surface area contributed by atoms with Gasteiger partial charge in [-0.1, -0.05) is 26.0 Å². The first kappa shape index (κ1) is 15.5. The molecule has 112 valence electrons. The van der Waals surface area contributed by atoms with Gasteiger partial charge < -0.3 is 5.32 Å². The van der Waals surface area contributed by atoms with Crippen molar-refractivity contribution in [1.29, 1.82) is 0 Å². The van der Waals surface area contributed by atoms with E-state index in [0.29, 0.717) is 16.9 Å². The molecular formula is C15H24N2O2S. The lowest BCUT2D eigenvalue weighted by Crippen LogP contribution is -2.32. The molecule has 1 aromatic carbocycles. The highest BCUT2D eigenvalue weighted by atomic mass is 32.2. The summed E-state index contributed by atoms with van der Waals surface area (Å²) in [5.74, 6) is 0.542. The molecule has 0 saturated heterocycles. The van der Waals surface area contributed by atoms with Crippen molar-refractivity contribution in [3.63, 3.8) is 0 Å². The van der Waals surface area contributed by atoms with Crippen LogP contribution in [0, 0.1) is 5.92 Å². The third kappa shape index (κ3) is 4.04. The molecule has 2 N–H and O–H groups in total. The zero-order chi connectivity index (χ0) is 14.8. The zero-order valence-electron chi connectivity index (χ0n) is 12.4. The summed E-state index contributed by atoms with van der Waals surface area (Å²) in [6.07, 6.45) is 2.82. The van der Waals surface area contributed by atoms with Crippen LogP contribution in [0.3, 0.4) is 0 Å². The van der Waals surface area contributed by atoms with Crippen molar-refractivity contribution < 1.29 is 8.42 Å². The first-order valence-corrected chi connectivity index (χ1v) is 8.69. The van der Waals surface area contributed by atoms with Crippen LogP contribution in [0.25, 0.3) is 0 Å². The second kappa shape index (κ2) is 6.24. The van der Waals surface area contributed by atoms with E-state index in [2.05, 4.69) is 23.9 Å². The minimum absolute atomic E-state index is 0.147. The Bertz CT molecular complexity index is 533. The van der Waals surface area contributed by atoms with E-state index in [1.807, 2.05) is 19.2 Å². The molecule has 0 amide bonds. The molecule has 0 spiro atoms. The average molecular weight is 296 g/mol. The van der Waals surface area contributed by atoms with Gasteiger partial charge in [0.2, 0.25) is 10.0 Å². The molecule has 0 aliphatic heterocycles. The third-order valence-electron chi connectivity index (χ3n) is 3.76. The Morgan fingerprint density at radius 1 is 1.20 bits per heavy atom. The smallest absolute Gasteiger partial charge is 0.240 e. The van der Waals surface area contributed by atoms with Gasteiger partial charge in [-0.3, -0.25) is 0 Å². The van der Waals surface area contributed by atoms with Gasteiger partial charge in [0, 0.05) is 12.1 Å². The van der Waals surface area contributed by atoms with Crippen LogP contribution < -0.4 is 10.0 Å². The van der Waals surface area contributed by atoms with Crippen LogP contribution in [0.1, 0.15) is 32.3 Å². The molecule has 1 aliphatic carbocycles. The number of sulfonamides is 1. The number of hydrogen-bond donors (Lipinski definition) is 2. The summed E-state index contributed by atoms with van der Waals surface area (Å²) in [7, 11) is -1.37. The lowest BCUT2D eigenvalue weighted by molar-refractivity contribution is 0.424. The summed E-state index contributed by atoms with van der Waals surface area (Å²) >= 11 is 0. The van der Waals surface area contributed by atoms with E-state index in [9.17, 15) is 8.42 Å². The second-order valence-electron chi connectivity index (χ2n) is 5.88. The van der Waals surface area contributed by atoms with Gasteiger partial charge in [0.15, 0.2) is 0 Å². The lowest BCUT2D eigenvalue weighted by atomic mass is 9.97. The first-order chi connectivity index (χ1) is 9.42. The number of rotatable bonds is 7. The molecule has 20 heavy (non-hydrogen) atoms. The number of likely N-dealkylation sites (N-methyl/N-ethyl adjacent to an activating group) is 1. The summed E-state index contributed by atoms with van der Waals surface area (Å²) in [5.41, 5.74) is 1.16. The van der Waals surface area contributed by atoms with Crippen LogP contribution in [-0.4, -0.2) is 27.5 Å². The maximum Gasteiger partial charge on any atom is 0.240 e. The number of hydrogen-bond acceptors (Lipinski definition) is 3. The summed E-state index contributed by atoms with van der Waals surface area (Å²) < 4.78 is 26.8. The molecule has 0 aromatic heterocycles. The maximum absolute atomic E-state index is 12.1. The van der Waals surface area contributed by atoms with E-state index in [4.69, 9.17) is 0 Å². The van der Waals surface area contributed by atoms with Gasteiger partial charge in [-0.2, -0.15) is 0 Å². The van der Waals surface area contributed by atoms with Gasteiger partial charge in [0.05, 0.1) is 4.90 Å². The van der Waals surface area contributed by atoms with Crippen LogP contribution in [0.15, 0.2) is 29.2 Å². The molecule has 0 radical (unpaired) electrons. The molecule has 1 atom stereocenters. The molecule has 0 heterocycles. The fourth-order valence-electron chi connectivity index (χ4n) is 2.22. The van der Waals surface area contributed by atoms with Crippen molar-refractivity contribution in [2.24, 2.45) is 5.92 Å². The molecule has 5 heteroatoms. The zero-order valence-corrected chi connectivity index (χ0v) is 13.2. The number of nitrogens with one attached hydrogen (secondary N) is 2. The Morgan fingerprint density at radius 2 is 1.80 bits per heavy atom. The van der Waals surface area contributed by atoms with Gasteiger partial charge in [-0.25, -0.2) is 13.1 Å². The minimum Gasteiger partial charge on any atom is -0.316 e. The first-order valence-electron chi connectivity index (χ1n) is 7.21. The van der Waals surface area contributed by atoms with Crippen molar-refractivity contribution in [1.82, 2.24) is 10.0 Å². The quantitative estimate of drug-likeness (QED) is 0.808. The minimum atomic E-state index is -3.33. The monoisotopic (exact) mass is 296 g/mol. The van der Waals surface area contributed by atoms with Gasteiger partial charge in [0.25, 0.3) is 0 Å². The third-order valence-corrected chi connectivity index (χ3v) is 5.30. The van der Waals surface area contributed by atoms with Gasteiger partial charge in [-0.05, 0) is 49.9 Å². The Kier molecular flexibility index (Phi) is 4.83. The molecule has 1 fully saturated rings. The molecule has 4 nitrogen and oxygen atoms in total. The summed E-state index contributed by atoms with van der Waals surface area (Å²) in [6.45, 7) is 4.36. The van der Waals surface area contributed by atoms with Gasteiger partial charge in [-0.15, -0.1) is 0 Å². The molecule has 1 saturated carbocycles. The van der Waals surface area contributed by atoms with Crippen LogP contribution in [0.2, 0.25) is 0 Å². The molecule has 1 aliphatic rings. The molecule has 1 unspecified atom stereocenters. The standard InChI is InChI=1S/C15H24N2O2S/c1-11(2)15(16-3)10-12-4-8-14(9-5-12)20(18,19)17-13-6-7-13/h4-5,8-9,11,13,15-17H,6-7,10H2,1-3H3. The molecule has 2 rings (SSSR count). The highest BCUT2D eigenvalue weighted by molar-refractivity contribution is 7.89. The highest BCUT2D eigenvalue weighted by Crippen LogP contribution is 2.22. The van der Waals surface area contributed by atoms with Crippen molar-refractivity contribution in [3.8, 4) is 0 Å². The maximum atomic E-state index is 12.1. The highest BCUT2D eigenvalue weighted by Gasteiger charge is 2.27. The number of benzene rings is 1. The van der Waals surface area contributed by atoms with E-state index >= 15 is 0 Å². The van der Waals surface area contributed by atoms with E-state index < -0.39 is 10.0 Å². The Hall–Kier alpha value is -0.910. The topological polar surface area (TPSA) is 58.2 Å². The van der Waals surface area contributed by atoms with Crippen molar-refractivity contribution in [3.05, 3.63) is 29.8 Å². The fraction of sp³-hybridized carbons (Fsp3) is 0.600. The fourth-order valence-corrected chi connectivity index (χ4v) is 3.52. The van der Waals surface area contributed by atoms with E-state index in [1.165, 1.54) is 0 Å². The predicted octanol–water partition coefficient (Wildman–Crippen LogP) is 1.91. The largest absolute Gasteiger partial charge is 0.316 e. The summed E-state index contributed by atoms with van der Waals surface area (Å²) in [6, 6.07) is 7.78. The van der Waals surface area contributed by atoms with E-state index in [1.54, 1.807) is 12.1 Å². The van der Waals surface area contributed by atoms with Crippen LogP contribution in [-0.2, 0) is 16.4 Å². The lowest BCUT2D eigenvalue weighted by Gasteiger charge is -2.20. The van der Waals surface area contributed by atoms with E-state index in [0.717, 1.165) is 24.8 Å². The molecule has 1 aromatic rings. The van der Waals surface area contributed by atoms with E-state index in [-0.39, 0.29) is 6.04 Å². The SMILES string of the molecule is CNC(Cc1ccc(S(=O)(=O)NC2CC2)cc1)C(C)C. The Balaban J connectivity index is 2.05. The van der Waals surface area contributed by atoms with Gasteiger partial charge >= 0.3 is 0 Å². The van der Waals surface area contributed by atoms with Crippen LogP contribution in [0.4, 0.5) is 0 Å². The molecule has 0 bridgehead atoms. The normalized spacial score (nSPS) is 17.4. The Morgan fingerprint density at radius 3 is 2.25 bits per heavy atom. The van der Waals surface area contributed by atoms with Gasteiger partial charge in [0.1, 0.15) is 0 Å². The average Bonchev–Trinajstić information content (AvgIpc) is 3.19. The van der Waals surface area contributed by atoms with Crippen molar-refractivity contribution in [2.45, 2.75) is 50.1 Å². The second-order valence-corrected chi connectivity index (χ2v) is 7.60. The summed E-state index contributed by atoms with van der Waals surface area (Å²) in [5, 5.41) is 3.30. The van der Waals surface area contributed by atoms with Crippen molar-refractivity contribution in [2.75, 3.05) is 7.05 Å².